The van der Waals surface area contributed by atoms with Gasteiger partial charge >= 0.3 is 5.97 Å². The molecule has 0 atom stereocenters. The number of hydrogen-bond donors (Lipinski definition) is 0. The summed E-state index contributed by atoms with van der Waals surface area (Å²) >= 11 is 1.25. The number of ether oxygens (including phenoxy) is 2. The molecule has 0 aliphatic carbocycles. The average molecular weight is 489 g/mol. The molecule has 0 saturated heterocycles. The molecule has 3 rings (SSSR count). The lowest BCUT2D eigenvalue weighted by Gasteiger charge is -2.13. The van der Waals surface area contributed by atoms with Crippen LogP contribution in [0.1, 0.15) is 51.0 Å². The number of rotatable bonds is 13. The van der Waals surface area contributed by atoms with Crippen LogP contribution in [0.25, 0.3) is 22.4 Å². The van der Waals surface area contributed by atoms with Crippen molar-refractivity contribution >= 4 is 17.7 Å². The fourth-order valence-electron chi connectivity index (χ4n) is 3.73. The molecular weight excluding hydrogens is 456 g/mol. The Labute approximate surface area is 212 Å². The Morgan fingerprint density at radius 2 is 1.69 bits per heavy atom. The lowest BCUT2D eigenvalue weighted by Crippen LogP contribution is -2.09. The highest BCUT2D eigenvalue weighted by atomic mass is 32.2. The smallest absolute Gasteiger partial charge is 0.316 e. The van der Waals surface area contributed by atoms with Gasteiger partial charge in [0.2, 0.25) is 0 Å². The van der Waals surface area contributed by atoms with Gasteiger partial charge in [0.25, 0.3) is 0 Å². The molecule has 0 fully saturated rings. The molecule has 182 valence electrons. The number of methoxy groups -OCH3 is 1. The number of esters is 1. The summed E-state index contributed by atoms with van der Waals surface area (Å²) in [5, 5.41) is 10.5. The molecule has 0 unspecified atom stereocenters. The van der Waals surface area contributed by atoms with Crippen LogP contribution in [-0.2, 0) is 9.53 Å². The molecule has 5 nitrogen and oxygen atoms in total. The number of carbonyl (C=O) groups is 1. The second kappa shape index (κ2) is 14.2. The van der Waals surface area contributed by atoms with E-state index in [1.807, 2.05) is 60.7 Å². The van der Waals surface area contributed by atoms with Gasteiger partial charge < -0.3 is 9.47 Å². The van der Waals surface area contributed by atoms with Crippen LogP contribution in [0.2, 0.25) is 0 Å². The van der Waals surface area contributed by atoms with Crippen molar-refractivity contribution in [1.82, 2.24) is 4.98 Å². The molecule has 3 aromatic rings. The number of hydrogen-bond acceptors (Lipinski definition) is 6. The van der Waals surface area contributed by atoms with Crippen LogP contribution in [0.5, 0.6) is 5.75 Å². The molecule has 0 N–H and O–H groups in total. The van der Waals surface area contributed by atoms with Gasteiger partial charge in [0, 0.05) is 11.1 Å². The zero-order valence-electron chi connectivity index (χ0n) is 20.5. The van der Waals surface area contributed by atoms with Crippen molar-refractivity contribution in [1.29, 1.82) is 5.26 Å². The van der Waals surface area contributed by atoms with E-state index in [0.29, 0.717) is 17.2 Å². The Kier molecular flexibility index (Phi) is 10.7. The standard InChI is InChI=1S/C29H32N2O3S/c1-3-4-5-6-7-11-18-34-28(32)21-35-29-26(20-30)25(22-14-16-24(33-2)17-15-22)19-27(31-29)23-12-9-8-10-13-23/h8-10,12-17,19H,3-7,11,18,21H2,1-2H3. The first kappa shape index (κ1) is 26.3. The average Bonchev–Trinajstić information content (AvgIpc) is 2.91. The second-order valence-electron chi connectivity index (χ2n) is 8.22. The molecule has 0 bridgehead atoms. The van der Waals surface area contributed by atoms with Gasteiger partial charge in [-0.1, -0.05) is 93.3 Å². The molecule has 0 spiro atoms. The Bertz CT molecular complexity index is 1130. The Hall–Kier alpha value is -3.30. The van der Waals surface area contributed by atoms with Crippen molar-refractivity contribution in [3.63, 3.8) is 0 Å². The molecular formula is C29H32N2O3S. The summed E-state index contributed by atoms with van der Waals surface area (Å²) in [5.41, 5.74) is 3.79. The van der Waals surface area contributed by atoms with E-state index in [2.05, 4.69) is 13.0 Å². The van der Waals surface area contributed by atoms with Gasteiger partial charge in [-0.05, 0) is 30.2 Å². The molecule has 6 heteroatoms. The number of benzene rings is 2. The van der Waals surface area contributed by atoms with Gasteiger partial charge in [0.05, 0.1) is 30.7 Å². The lowest BCUT2D eigenvalue weighted by molar-refractivity contribution is -0.140. The van der Waals surface area contributed by atoms with E-state index in [1.165, 1.54) is 37.4 Å². The van der Waals surface area contributed by atoms with E-state index in [1.54, 1.807) is 7.11 Å². The van der Waals surface area contributed by atoms with Gasteiger partial charge in [0.1, 0.15) is 16.8 Å². The minimum atomic E-state index is -0.287. The summed E-state index contributed by atoms with van der Waals surface area (Å²) in [6.07, 6.45) is 6.84. The highest BCUT2D eigenvalue weighted by Gasteiger charge is 2.17. The van der Waals surface area contributed by atoms with Crippen LogP contribution in [0, 0.1) is 11.3 Å². The van der Waals surface area contributed by atoms with Crippen LogP contribution in [0.4, 0.5) is 0 Å². The van der Waals surface area contributed by atoms with Crippen LogP contribution < -0.4 is 4.74 Å². The third-order valence-electron chi connectivity index (χ3n) is 5.66. The van der Waals surface area contributed by atoms with Crippen molar-refractivity contribution in [2.75, 3.05) is 19.5 Å². The first-order valence-electron chi connectivity index (χ1n) is 12.1. The second-order valence-corrected chi connectivity index (χ2v) is 9.18. The predicted octanol–water partition coefficient (Wildman–Crippen LogP) is 7.29. The molecule has 0 aliphatic heterocycles. The summed E-state index contributed by atoms with van der Waals surface area (Å²) in [6.45, 7) is 2.63. The molecule has 2 aromatic carbocycles. The third-order valence-corrected chi connectivity index (χ3v) is 6.61. The first-order valence-corrected chi connectivity index (χ1v) is 13.1. The van der Waals surface area contributed by atoms with Crippen molar-refractivity contribution in [3.8, 4) is 34.2 Å². The minimum Gasteiger partial charge on any atom is -0.497 e. The normalized spacial score (nSPS) is 10.5. The van der Waals surface area contributed by atoms with Crippen molar-refractivity contribution in [2.24, 2.45) is 0 Å². The van der Waals surface area contributed by atoms with E-state index in [-0.39, 0.29) is 11.7 Å². The maximum absolute atomic E-state index is 12.4. The number of carbonyl (C=O) groups excluding carboxylic acids is 1. The maximum Gasteiger partial charge on any atom is 0.316 e. The number of pyridine rings is 1. The molecule has 0 saturated carbocycles. The van der Waals surface area contributed by atoms with Gasteiger partial charge in [-0.15, -0.1) is 0 Å². The summed E-state index contributed by atoms with van der Waals surface area (Å²) in [5.74, 6) is 0.565. The Morgan fingerprint density at radius 3 is 2.37 bits per heavy atom. The van der Waals surface area contributed by atoms with Crippen LogP contribution in [0.3, 0.4) is 0 Å². The molecule has 35 heavy (non-hydrogen) atoms. The minimum absolute atomic E-state index is 0.109. The van der Waals surface area contributed by atoms with E-state index in [9.17, 15) is 10.1 Å². The zero-order valence-corrected chi connectivity index (χ0v) is 21.3. The Morgan fingerprint density at radius 1 is 0.971 bits per heavy atom. The highest BCUT2D eigenvalue weighted by Crippen LogP contribution is 2.34. The van der Waals surface area contributed by atoms with Crippen molar-refractivity contribution in [3.05, 3.63) is 66.2 Å². The summed E-state index contributed by atoms with van der Waals surface area (Å²) in [7, 11) is 1.62. The van der Waals surface area contributed by atoms with E-state index >= 15 is 0 Å². The largest absolute Gasteiger partial charge is 0.497 e. The van der Waals surface area contributed by atoms with E-state index in [4.69, 9.17) is 14.5 Å². The Balaban J connectivity index is 1.77. The number of nitrogens with zero attached hydrogens (tertiary/aromatic N) is 2. The van der Waals surface area contributed by atoms with Crippen molar-refractivity contribution < 1.29 is 14.3 Å². The number of aromatic nitrogens is 1. The quantitative estimate of drug-likeness (QED) is 0.143. The topological polar surface area (TPSA) is 72.2 Å². The fraction of sp³-hybridized carbons (Fsp3) is 0.345. The van der Waals surface area contributed by atoms with Crippen molar-refractivity contribution in [2.45, 2.75) is 50.5 Å². The van der Waals surface area contributed by atoms with Gasteiger partial charge in [-0.3, -0.25) is 4.79 Å². The monoisotopic (exact) mass is 488 g/mol. The number of unbranched alkanes of at least 4 members (excludes halogenated alkanes) is 5. The van der Waals surface area contributed by atoms with Gasteiger partial charge in [0.15, 0.2) is 0 Å². The van der Waals surface area contributed by atoms with Crippen LogP contribution >= 0.6 is 11.8 Å². The maximum atomic E-state index is 12.4. The molecule has 0 radical (unpaired) electrons. The first-order chi connectivity index (χ1) is 17.2. The predicted molar refractivity (Wildman–Crippen MR) is 141 cm³/mol. The summed E-state index contributed by atoms with van der Waals surface area (Å²) < 4.78 is 10.7. The highest BCUT2D eigenvalue weighted by molar-refractivity contribution is 7.99. The van der Waals surface area contributed by atoms with Crippen LogP contribution in [-0.4, -0.2) is 30.4 Å². The fourth-order valence-corrected chi connectivity index (χ4v) is 4.53. The van der Waals surface area contributed by atoms with E-state index in [0.717, 1.165) is 41.0 Å². The molecule has 1 heterocycles. The number of thioether (sulfide) groups is 1. The molecule has 0 aliphatic rings. The van der Waals surface area contributed by atoms with Crippen LogP contribution in [0.15, 0.2) is 65.7 Å². The van der Waals surface area contributed by atoms with Gasteiger partial charge in [-0.25, -0.2) is 4.98 Å². The van der Waals surface area contributed by atoms with Gasteiger partial charge in [-0.2, -0.15) is 5.26 Å². The summed E-state index contributed by atoms with van der Waals surface area (Å²) in [4.78, 5) is 17.1. The lowest BCUT2D eigenvalue weighted by atomic mass is 9.99. The summed E-state index contributed by atoms with van der Waals surface area (Å²) in [6, 6.07) is 21.6. The van der Waals surface area contributed by atoms with E-state index < -0.39 is 0 Å². The SMILES string of the molecule is CCCCCCCCOC(=O)CSc1nc(-c2ccccc2)cc(-c2ccc(OC)cc2)c1C#N. The third kappa shape index (κ3) is 7.87. The molecule has 1 aromatic heterocycles. The molecule has 0 amide bonds. The zero-order chi connectivity index (χ0) is 24.9. The number of nitriles is 1.